The van der Waals surface area contributed by atoms with E-state index in [2.05, 4.69) is 14.9 Å². The molecule has 10 nitrogen and oxygen atoms in total. The number of piperidine rings is 1. The summed E-state index contributed by atoms with van der Waals surface area (Å²) in [6.07, 6.45) is 4.48. The third kappa shape index (κ3) is 6.39. The highest BCUT2D eigenvalue weighted by Crippen LogP contribution is 2.37. The molecule has 2 N–H and O–H groups in total. The molecule has 40 heavy (non-hydrogen) atoms. The molecule has 3 aliphatic heterocycles. The zero-order valence-corrected chi connectivity index (χ0v) is 25.5. The highest BCUT2D eigenvalue weighted by atomic mass is 35.5. The zero-order valence-electron chi connectivity index (χ0n) is 22.3. The van der Waals surface area contributed by atoms with E-state index in [1.54, 1.807) is 19.2 Å². The van der Waals surface area contributed by atoms with Crippen LogP contribution in [0.2, 0.25) is 4.34 Å². The fourth-order valence-corrected chi connectivity index (χ4v) is 9.56. The van der Waals surface area contributed by atoms with Gasteiger partial charge in [0, 0.05) is 42.5 Å². The number of thiophene rings is 2. The molecule has 3 saturated heterocycles. The van der Waals surface area contributed by atoms with Crippen molar-refractivity contribution >= 4 is 62.0 Å². The molecule has 5 rings (SSSR count). The number of nitrogens with zero attached hydrogens (tertiary/aromatic N) is 3. The van der Waals surface area contributed by atoms with Crippen LogP contribution in [-0.4, -0.2) is 98.7 Å². The molecule has 0 aromatic carbocycles. The van der Waals surface area contributed by atoms with Gasteiger partial charge in [0.2, 0.25) is 17.7 Å². The normalized spacial score (nSPS) is 24.1. The summed E-state index contributed by atoms with van der Waals surface area (Å²) in [5.74, 6) is -0.497. The number of nitrogens with one attached hydrogen (secondary N) is 2. The summed E-state index contributed by atoms with van der Waals surface area (Å²) in [5.41, 5.74) is 0. The number of carbonyl (C=O) groups excluding carboxylic acids is 3. The maximum absolute atomic E-state index is 13.4. The van der Waals surface area contributed by atoms with Gasteiger partial charge in [-0.1, -0.05) is 11.6 Å². The van der Waals surface area contributed by atoms with Crippen molar-refractivity contribution in [3.05, 3.63) is 28.6 Å². The number of amides is 3. The standard InChI is InChI=1S/C26H34ClN5O5S3/c1-28-25(34)19-7-4-12-30(19)15-17-5-2-14-32(17)23(33)16-31-13-3-6-18(26(31)35)29-40(36,37)24-11-9-21(39-24)20-8-10-22(27)38-20/h8-11,17-19,29H,2-7,12-16H2,1H3,(H,28,34). The average molecular weight is 628 g/mol. The van der Waals surface area contributed by atoms with Gasteiger partial charge in [0.05, 0.1) is 16.9 Å². The van der Waals surface area contributed by atoms with E-state index in [-0.39, 0.29) is 40.6 Å². The molecular weight excluding hydrogens is 594 g/mol. The molecule has 3 unspecified atom stereocenters. The largest absolute Gasteiger partial charge is 0.358 e. The SMILES string of the molecule is CNC(=O)C1CCCN1CC1CCCN1C(=O)CN1CCCC(NS(=O)(=O)c2ccc(-c3ccc(Cl)s3)s2)C1=O. The van der Waals surface area contributed by atoms with E-state index < -0.39 is 16.1 Å². The van der Waals surface area contributed by atoms with Crippen LogP contribution >= 0.6 is 34.3 Å². The molecule has 3 aliphatic rings. The first-order chi connectivity index (χ1) is 19.2. The molecular formula is C26H34ClN5O5S3. The maximum Gasteiger partial charge on any atom is 0.250 e. The summed E-state index contributed by atoms with van der Waals surface area (Å²) in [6, 6.07) is 5.80. The predicted octanol–water partition coefficient (Wildman–Crippen LogP) is 2.60. The first-order valence-corrected chi connectivity index (χ1v) is 17.1. The molecule has 0 spiro atoms. The van der Waals surface area contributed by atoms with Crippen molar-refractivity contribution < 1.29 is 22.8 Å². The van der Waals surface area contributed by atoms with E-state index in [0.29, 0.717) is 36.8 Å². The summed E-state index contributed by atoms with van der Waals surface area (Å²) >= 11 is 8.52. The van der Waals surface area contributed by atoms with Gasteiger partial charge in [-0.25, -0.2) is 8.42 Å². The number of halogens is 1. The Morgan fingerprint density at radius 3 is 2.48 bits per heavy atom. The van der Waals surface area contributed by atoms with Crippen molar-refractivity contribution in [2.45, 2.75) is 60.9 Å². The number of rotatable bonds is 9. The molecule has 218 valence electrons. The van der Waals surface area contributed by atoms with Crippen molar-refractivity contribution in [3.8, 4) is 9.75 Å². The molecule has 0 aliphatic carbocycles. The lowest BCUT2D eigenvalue weighted by Gasteiger charge is -2.35. The first-order valence-electron chi connectivity index (χ1n) is 13.6. The quantitative estimate of drug-likeness (QED) is 0.441. The van der Waals surface area contributed by atoms with Crippen molar-refractivity contribution in [1.29, 1.82) is 0 Å². The molecule has 14 heteroatoms. The lowest BCUT2D eigenvalue weighted by Crippen LogP contribution is -2.55. The van der Waals surface area contributed by atoms with Crippen molar-refractivity contribution in [1.82, 2.24) is 24.7 Å². The highest BCUT2D eigenvalue weighted by molar-refractivity contribution is 7.91. The van der Waals surface area contributed by atoms with Crippen LogP contribution in [0.25, 0.3) is 9.75 Å². The Labute approximate surface area is 247 Å². The smallest absolute Gasteiger partial charge is 0.250 e. The summed E-state index contributed by atoms with van der Waals surface area (Å²) < 4.78 is 29.6. The van der Waals surface area contributed by atoms with E-state index in [1.807, 2.05) is 11.0 Å². The highest BCUT2D eigenvalue weighted by Gasteiger charge is 2.38. The fourth-order valence-electron chi connectivity index (χ4n) is 5.88. The first kappa shape index (κ1) is 29.5. The monoisotopic (exact) mass is 627 g/mol. The zero-order chi connectivity index (χ0) is 28.4. The minimum Gasteiger partial charge on any atom is -0.358 e. The van der Waals surface area contributed by atoms with Gasteiger partial charge >= 0.3 is 0 Å². The molecule has 3 atom stereocenters. The second kappa shape index (κ2) is 12.5. The number of sulfonamides is 1. The number of hydrogen-bond acceptors (Lipinski definition) is 8. The minimum atomic E-state index is -3.92. The Morgan fingerprint density at radius 1 is 1.00 bits per heavy atom. The van der Waals surface area contributed by atoms with Gasteiger partial charge in [0.25, 0.3) is 10.0 Å². The van der Waals surface area contributed by atoms with E-state index >= 15 is 0 Å². The molecule has 2 aromatic rings. The number of likely N-dealkylation sites (tertiary alicyclic amines) is 3. The van der Waals surface area contributed by atoms with Gasteiger partial charge in [0.15, 0.2) is 0 Å². The van der Waals surface area contributed by atoms with Gasteiger partial charge in [-0.3, -0.25) is 19.3 Å². The van der Waals surface area contributed by atoms with E-state index in [1.165, 1.54) is 22.3 Å². The summed E-state index contributed by atoms with van der Waals surface area (Å²) in [4.78, 5) is 46.1. The number of hydrogen-bond donors (Lipinski definition) is 2. The third-order valence-corrected chi connectivity index (χ3v) is 12.3. The van der Waals surface area contributed by atoms with Gasteiger partial charge in [-0.15, -0.1) is 22.7 Å². The Morgan fingerprint density at radius 2 is 1.73 bits per heavy atom. The minimum absolute atomic E-state index is 0.00167. The van der Waals surface area contributed by atoms with Crippen LogP contribution in [-0.2, 0) is 24.4 Å². The molecule has 5 heterocycles. The number of carbonyl (C=O) groups is 3. The van der Waals surface area contributed by atoms with Crippen molar-refractivity contribution in [3.63, 3.8) is 0 Å². The molecule has 0 bridgehead atoms. The molecule has 0 saturated carbocycles. The van der Waals surface area contributed by atoms with Crippen molar-refractivity contribution in [2.75, 3.05) is 39.8 Å². The Hall–Kier alpha value is -2.03. The van der Waals surface area contributed by atoms with E-state index in [4.69, 9.17) is 11.6 Å². The molecule has 2 aromatic heterocycles. The van der Waals surface area contributed by atoms with Crippen LogP contribution in [0, 0.1) is 0 Å². The lowest BCUT2D eigenvalue weighted by atomic mass is 10.1. The van der Waals surface area contributed by atoms with E-state index in [0.717, 1.165) is 53.3 Å². The Bertz CT molecular complexity index is 1360. The average Bonchev–Trinajstić information content (AvgIpc) is 3.73. The van der Waals surface area contributed by atoms with Crippen LogP contribution in [0.15, 0.2) is 28.5 Å². The second-order valence-electron chi connectivity index (χ2n) is 10.4. The third-order valence-electron chi connectivity index (χ3n) is 7.87. The Kier molecular flexibility index (Phi) is 9.17. The topological polar surface area (TPSA) is 119 Å². The molecule has 3 amide bonds. The molecule has 3 fully saturated rings. The van der Waals surface area contributed by atoms with Crippen LogP contribution in [0.4, 0.5) is 0 Å². The summed E-state index contributed by atoms with van der Waals surface area (Å²) in [7, 11) is -2.27. The van der Waals surface area contributed by atoms with Crippen molar-refractivity contribution in [2.24, 2.45) is 0 Å². The van der Waals surface area contributed by atoms with Gasteiger partial charge in [-0.05, 0) is 69.3 Å². The van der Waals surface area contributed by atoms with E-state index in [9.17, 15) is 22.8 Å². The van der Waals surface area contributed by atoms with Crippen LogP contribution in [0.3, 0.4) is 0 Å². The van der Waals surface area contributed by atoms with Gasteiger partial charge in [0.1, 0.15) is 10.3 Å². The lowest BCUT2D eigenvalue weighted by molar-refractivity contribution is -0.143. The van der Waals surface area contributed by atoms with Gasteiger partial charge in [-0.2, -0.15) is 4.72 Å². The second-order valence-corrected chi connectivity index (χ2v) is 15.2. The summed E-state index contributed by atoms with van der Waals surface area (Å²) in [5, 5.41) is 2.74. The Balaban J connectivity index is 1.19. The number of likely N-dealkylation sites (N-methyl/N-ethyl adjacent to an activating group) is 1. The van der Waals surface area contributed by atoms with Crippen LogP contribution in [0.5, 0.6) is 0 Å². The summed E-state index contributed by atoms with van der Waals surface area (Å²) in [6.45, 7) is 2.43. The van der Waals surface area contributed by atoms with Crippen LogP contribution in [0.1, 0.15) is 38.5 Å². The fraction of sp³-hybridized carbons (Fsp3) is 0.577. The molecule has 0 radical (unpaired) electrons. The predicted molar refractivity (Wildman–Crippen MR) is 156 cm³/mol. The van der Waals surface area contributed by atoms with Crippen LogP contribution < -0.4 is 10.0 Å². The maximum atomic E-state index is 13.4. The van der Waals surface area contributed by atoms with Gasteiger partial charge < -0.3 is 15.1 Å².